The quantitative estimate of drug-likeness (QED) is 0.489. The molecule has 0 bridgehead atoms. The van der Waals surface area contributed by atoms with Crippen LogP contribution >= 0.6 is 0 Å². The molecule has 84 valence electrons. The topological polar surface area (TPSA) is 89.9 Å². The third kappa shape index (κ3) is 1.68. The first-order valence-electron chi connectivity index (χ1n) is 4.56. The lowest BCUT2D eigenvalue weighted by molar-refractivity contribution is -0.212. The number of aliphatic hydroxyl groups is 1. The van der Waals surface area contributed by atoms with E-state index in [0.717, 1.165) is 12.2 Å². The minimum Gasteiger partial charge on any atom is -0.437 e. The van der Waals surface area contributed by atoms with Gasteiger partial charge in [0.25, 0.3) is 6.47 Å². The Bertz CT molecular complexity index is 419. The molecule has 0 saturated carbocycles. The minimum absolute atomic E-state index is 0.0277. The monoisotopic (exact) mass is 224 g/mol. The Hall–Kier alpha value is -1.79. The Morgan fingerprint density at radius 3 is 2.75 bits per heavy atom. The summed E-state index contributed by atoms with van der Waals surface area (Å²) in [4.78, 5) is 33.0. The van der Waals surface area contributed by atoms with Gasteiger partial charge in [0.2, 0.25) is 6.29 Å². The van der Waals surface area contributed by atoms with E-state index in [1.165, 1.54) is 0 Å². The molecular weight excluding hydrogens is 216 g/mol. The summed E-state index contributed by atoms with van der Waals surface area (Å²) < 4.78 is 9.35. The molecule has 1 aliphatic heterocycles. The normalized spacial score (nSPS) is 29.1. The van der Waals surface area contributed by atoms with Crippen molar-refractivity contribution in [2.24, 2.45) is 0 Å². The fraction of sp³-hybridized carbons (Fsp3) is 0.300. The molecule has 1 N–H and O–H groups in total. The number of ether oxygens (including phenoxy) is 2. The summed E-state index contributed by atoms with van der Waals surface area (Å²) >= 11 is 0. The zero-order valence-electron chi connectivity index (χ0n) is 8.08. The zero-order chi connectivity index (χ0) is 11.7. The first-order chi connectivity index (χ1) is 7.63. The number of hydrogen-bond acceptors (Lipinski definition) is 6. The second kappa shape index (κ2) is 3.99. The molecule has 0 radical (unpaired) electrons. The highest BCUT2D eigenvalue weighted by molar-refractivity contribution is 6.20. The van der Waals surface area contributed by atoms with Crippen molar-refractivity contribution in [3.8, 4) is 0 Å². The molecule has 0 amide bonds. The Morgan fingerprint density at radius 1 is 1.38 bits per heavy atom. The number of allylic oxidation sites excluding steroid dienone is 2. The predicted octanol–water partition coefficient (Wildman–Crippen LogP) is -0.771. The van der Waals surface area contributed by atoms with E-state index in [9.17, 15) is 19.5 Å². The smallest absolute Gasteiger partial charge is 0.295 e. The van der Waals surface area contributed by atoms with Gasteiger partial charge in [0.05, 0.1) is 5.57 Å². The van der Waals surface area contributed by atoms with E-state index >= 15 is 0 Å². The van der Waals surface area contributed by atoms with Crippen molar-refractivity contribution in [3.63, 3.8) is 0 Å². The van der Waals surface area contributed by atoms with Gasteiger partial charge < -0.3 is 14.6 Å². The lowest BCUT2D eigenvalue weighted by Gasteiger charge is -2.29. The van der Waals surface area contributed by atoms with Crippen molar-refractivity contribution in [2.45, 2.75) is 19.0 Å². The summed E-state index contributed by atoms with van der Waals surface area (Å²) in [5.74, 6) is -0.844. The SMILES string of the molecule is O=COC1CC2=C(C(=O)C=CC2=O)C(O)O1. The Balaban J connectivity index is 2.33. The number of carbonyl (C=O) groups is 3. The fourth-order valence-corrected chi connectivity index (χ4v) is 1.67. The van der Waals surface area contributed by atoms with Crippen LogP contribution in [0.4, 0.5) is 0 Å². The van der Waals surface area contributed by atoms with Gasteiger partial charge in [0.15, 0.2) is 17.9 Å². The standard InChI is InChI=1S/C10H8O6/c11-4-15-8-3-5-6(12)1-2-7(13)9(5)10(14)16-8/h1-2,4,8,10,14H,3H2. The van der Waals surface area contributed by atoms with Gasteiger partial charge in [-0.3, -0.25) is 14.4 Å². The number of rotatable bonds is 2. The van der Waals surface area contributed by atoms with Crippen molar-refractivity contribution in [1.29, 1.82) is 0 Å². The van der Waals surface area contributed by atoms with Crippen LogP contribution < -0.4 is 0 Å². The zero-order valence-corrected chi connectivity index (χ0v) is 8.08. The van der Waals surface area contributed by atoms with Gasteiger partial charge in [-0.2, -0.15) is 0 Å². The van der Waals surface area contributed by atoms with Crippen LogP contribution in [0.3, 0.4) is 0 Å². The molecule has 6 heteroatoms. The average Bonchev–Trinajstić information content (AvgIpc) is 2.23. The molecule has 2 unspecified atom stereocenters. The summed E-state index contributed by atoms with van der Waals surface area (Å²) in [5.41, 5.74) is 0.0661. The second-order valence-electron chi connectivity index (χ2n) is 3.31. The summed E-state index contributed by atoms with van der Waals surface area (Å²) in [7, 11) is 0. The summed E-state index contributed by atoms with van der Waals surface area (Å²) in [6.07, 6.45) is -0.393. The van der Waals surface area contributed by atoms with Crippen molar-refractivity contribution < 1.29 is 29.0 Å². The van der Waals surface area contributed by atoms with Crippen LogP contribution in [0.25, 0.3) is 0 Å². The van der Waals surface area contributed by atoms with Gasteiger partial charge >= 0.3 is 0 Å². The molecule has 1 heterocycles. The van der Waals surface area contributed by atoms with Crippen LogP contribution in [-0.4, -0.2) is 35.7 Å². The fourth-order valence-electron chi connectivity index (χ4n) is 1.67. The van der Waals surface area contributed by atoms with Gasteiger partial charge in [-0.25, -0.2) is 0 Å². The lowest BCUT2D eigenvalue weighted by Crippen LogP contribution is -2.37. The Kier molecular flexibility index (Phi) is 2.67. The highest BCUT2D eigenvalue weighted by atomic mass is 16.7. The van der Waals surface area contributed by atoms with Crippen LogP contribution in [-0.2, 0) is 23.9 Å². The molecule has 0 aromatic carbocycles. The molecule has 0 aromatic heterocycles. The van der Waals surface area contributed by atoms with E-state index < -0.39 is 18.4 Å². The Morgan fingerprint density at radius 2 is 2.06 bits per heavy atom. The van der Waals surface area contributed by atoms with E-state index in [0.29, 0.717) is 0 Å². The highest BCUT2D eigenvalue weighted by Crippen LogP contribution is 2.29. The van der Waals surface area contributed by atoms with Crippen LogP contribution in [0.15, 0.2) is 23.3 Å². The van der Waals surface area contributed by atoms with Crippen LogP contribution in [0.5, 0.6) is 0 Å². The van der Waals surface area contributed by atoms with Gasteiger partial charge in [-0.1, -0.05) is 0 Å². The van der Waals surface area contributed by atoms with Crippen molar-refractivity contribution in [1.82, 2.24) is 0 Å². The van der Waals surface area contributed by atoms with Crippen molar-refractivity contribution >= 4 is 18.0 Å². The average molecular weight is 224 g/mol. The molecule has 2 aliphatic rings. The molecule has 16 heavy (non-hydrogen) atoms. The van der Waals surface area contributed by atoms with Gasteiger partial charge in [0.1, 0.15) is 0 Å². The van der Waals surface area contributed by atoms with Gasteiger partial charge in [0, 0.05) is 12.0 Å². The van der Waals surface area contributed by atoms with E-state index in [1.54, 1.807) is 0 Å². The predicted molar refractivity (Wildman–Crippen MR) is 48.8 cm³/mol. The van der Waals surface area contributed by atoms with Gasteiger partial charge in [-0.15, -0.1) is 0 Å². The maximum absolute atomic E-state index is 11.5. The molecule has 2 rings (SSSR count). The molecule has 0 spiro atoms. The van der Waals surface area contributed by atoms with Crippen LogP contribution in [0.2, 0.25) is 0 Å². The summed E-state index contributed by atoms with van der Waals surface area (Å²) in [6, 6.07) is 0. The minimum atomic E-state index is -1.53. The first kappa shape index (κ1) is 10.7. The summed E-state index contributed by atoms with van der Waals surface area (Å²) in [5, 5.41) is 9.51. The van der Waals surface area contributed by atoms with Crippen LogP contribution in [0, 0.1) is 0 Å². The third-order valence-electron chi connectivity index (χ3n) is 2.38. The second-order valence-corrected chi connectivity index (χ2v) is 3.31. The number of ketones is 2. The molecular formula is C10H8O6. The molecule has 2 atom stereocenters. The van der Waals surface area contributed by atoms with Crippen LogP contribution in [0.1, 0.15) is 6.42 Å². The van der Waals surface area contributed by atoms with Crippen molar-refractivity contribution in [3.05, 3.63) is 23.3 Å². The summed E-state index contributed by atoms with van der Waals surface area (Å²) in [6.45, 7) is 0.161. The third-order valence-corrected chi connectivity index (χ3v) is 2.38. The lowest BCUT2D eigenvalue weighted by atomic mass is 9.90. The molecule has 0 aromatic rings. The number of hydrogen-bond donors (Lipinski definition) is 1. The van der Waals surface area contributed by atoms with Crippen molar-refractivity contribution in [2.75, 3.05) is 0 Å². The number of carbonyl (C=O) groups excluding carboxylic acids is 3. The Labute approximate surface area is 90.1 Å². The molecule has 6 nitrogen and oxygen atoms in total. The maximum Gasteiger partial charge on any atom is 0.295 e. The molecule has 0 saturated heterocycles. The van der Waals surface area contributed by atoms with Gasteiger partial charge in [-0.05, 0) is 12.2 Å². The first-order valence-corrected chi connectivity index (χ1v) is 4.56. The maximum atomic E-state index is 11.5. The van der Waals surface area contributed by atoms with E-state index in [2.05, 4.69) is 4.74 Å². The largest absolute Gasteiger partial charge is 0.437 e. The highest BCUT2D eigenvalue weighted by Gasteiger charge is 2.36. The number of aliphatic hydroxyl groups excluding tert-OH is 1. The van der Waals surface area contributed by atoms with E-state index in [4.69, 9.17) is 4.74 Å². The molecule has 1 aliphatic carbocycles. The molecule has 0 fully saturated rings. The van der Waals surface area contributed by atoms with E-state index in [1.807, 2.05) is 0 Å². The van der Waals surface area contributed by atoms with E-state index in [-0.39, 0.29) is 29.8 Å².